The molecule has 1 aromatic heterocycles. The summed E-state index contributed by atoms with van der Waals surface area (Å²) in [7, 11) is -1.27. The van der Waals surface area contributed by atoms with E-state index in [4.69, 9.17) is 9.52 Å². The molecule has 0 fully saturated rings. The Labute approximate surface area is 103 Å². The highest BCUT2D eigenvalue weighted by molar-refractivity contribution is 7.84. The van der Waals surface area contributed by atoms with Crippen molar-refractivity contribution in [2.75, 3.05) is 25.4 Å². The summed E-state index contributed by atoms with van der Waals surface area (Å²) in [5.41, 5.74) is 0. The van der Waals surface area contributed by atoms with Crippen molar-refractivity contribution in [1.29, 1.82) is 0 Å². The van der Waals surface area contributed by atoms with E-state index in [1.54, 1.807) is 0 Å². The molecule has 5 nitrogen and oxygen atoms in total. The lowest BCUT2D eigenvalue weighted by Crippen LogP contribution is -2.27. The Morgan fingerprint density at radius 3 is 2.53 bits per heavy atom. The number of carbonyl (C=O) groups is 1. The Bertz CT molecular complexity index is 398. The van der Waals surface area contributed by atoms with Crippen molar-refractivity contribution in [2.45, 2.75) is 18.9 Å². The second-order valence-electron chi connectivity index (χ2n) is 3.50. The Hall–Kier alpha value is -1.14. The van der Waals surface area contributed by atoms with Gasteiger partial charge in [-0.1, -0.05) is 13.8 Å². The van der Waals surface area contributed by atoms with Gasteiger partial charge in [0.1, 0.15) is 0 Å². The average Bonchev–Trinajstić information content (AvgIpc) is 2.79. The van der Waals surface area contributed by atoms with Crippen molar-refractivity contribution < 1.29 is 18.5 Å². The molecule has 17 heavy (non-hydrogen) atoms. The summed E-state index contributed by atoms with van der Waals surface area (Å²) in [5, 5.41) is 8.90. The molecular weight excluding hydrogens is 242 g/mol. The van der Waals surface area contributed by atoms with Gasteiger partial charge in [0.15, 0.2) is 5.09 Å². The van der Waals surface area contributed by atoms with E-state index < -0.39 is 16.8 Å². The smallest absolute Gasteiger partial charge is 0.371 e. The molecular formula is C11H17NO4S. The van der Waals surface area contributed by atoms with Crippen LogP contribution in [0.3, 0.4) is 0 Å². The van der Waals surface area contributed by atoms with E-state index in [-0.39, 0.29) is 10.9 Å². The molecule has 6 heteroatoms. The Balaban J connectivity index is 2.54. The van der Waals surface area contributed by atoms with Gasteiger partial charge in [0.2, 0.25) is 5.76 Å². The summed E-state index contributed by atoms with van der Waals surface area (Å²) < 4.78 is 16.8. The number of carboxylic acid groups (broad SMARTS) is 1. The molecule has 0 aliphatic carbocycles. The molecule has 0 spiro atoms. The maximum Gasteiger partial charge on any atom is 0.371 e. The first-order chi connectivity index (χ1) is 8.08. The number of furan rings is 1. The lowest BCUT2D eigenvalue weighted by molar-refractivity contribution is 0.0656. The average molecular weight is 259 g/mol. The van der Waals surface area contributed by atoms with Crippen molar-refractivity contribution in [1.82, 2.24) is 4.90 Å². The minimum Gasteiger partial charge on any atom is -0.475 e. The molecule has 1 rings (SSSR count). The van der Waals surface area contributed by atoms with Crippen LogP contribution in [-0.4, -0.2) is 45.6 Å². The third-order valence-electron chi connectivity index (χ3n) is 2.50. The van der Waals surface area contributed by atoms with Gasteiger partial charge in [-0.3, -0.25) is 4.21 Å². The number of rotatable bonds is 7. The van der Waals surface area contributed by atoms with Gasteiger partial charge >= 0.3 is 5.97 Å². The van der Waals surface area contributed by atoms with E-state index in [1.165, 1.54) is 12.1 Å². The zero-order valence-corrected chi connectivity index (χ0v) is 10.8. The van der Waals surface area contributed by atoms with Gasteiger partial charge in [0, 0.05) is 12.3 Å². The number of carboxylic acids is 1. The second kappa shape index (κ2) is 6.56. The quantitative estimate of drug-likeness (QED) is 0.802. The highest BCUT2D eigenvalue weighted by Crippen LogP contribution is 2.12. The maximum absolute atomic E-state index is 11.8. The van der Waals surface area contributed by atoms with Gasteiger partial charge in [0.05, 0.1) is 10.8 Å². The second-order valence-corrected chi connectivity index (χ2v) is 5.00. The molecule has 96 valence electrons. The van der Waals surface area contributed by atoms with Crippen molar-refractivity contribution >= 4 is 16.8 Å². The zero-order valence-electron chi connectivity index (χ0n) is 10.0. The highest BCUT2D eigenvalue weighted by Gasteiger charge is 2.14. The third-order valence-corrected chi connectivity index (χ3v) is 3.73. The first kappa shape index (κ1) is 13.9. The molecule has 1 aromatic rings. The molecule has 0 bridgehead atoms. The van der Waals surface area contributed by atoms with Crippen molar-refractivity contribution in [2.24, 2.45) is 0 Å². The molecule has 0 aliphatic heterocycles. The predicted octanol–water partition coefficient (Wildman–Crippen LogP) is 1.43. The van der Waals surface area contributed by atoms with Crippen LogP contribution in [0.5, 0.6) is 0 Å². The summed E-state index contributed by atoms with van der Waals surface area (Å²) in [4.78, 5) is 12.7. The normalized spacial score (nSPS) is 12.9. The first-order valence-electron chi connectivity index (χ1n) is 5.52. The zero-order chi connectivity index (χ0) is 12.8. The number of hydrogen-bond acceptors (Lipinski definition) is 4. The lowest BCUT2D eigenvalue weighted by Gasteiger charge is -2.16. The van der Waals surface area contributed by atoms with Gasteiger partial charge in [-0.2, -0.15) is 0 Å². The Kier molecular flexibility index (Phi) is 5.37. The van der Waals surface area contributed by atoms with Crippen molar-refractivity contribution in [3.05, 3.63) is 17.9 Å². The van der Waals surface area contributed by atoms with Crippen LogP contribution in [-0.2, 0) is 10.8 Å². The molecule has 1 atom stereocenters. The van der Waals surface area contributed by atoms with E-state index in [2.05, 4.69) is 4.90 Å². The van der Waals surface area contributed by atoms with Crippen LogP contribution in [0.2, 0.25) is 0 Å². The molecule has 0 aliphatic rings. The molecule has 0 amide bonds. The minimum atomic E-state index is -1.27. The Morgan fingerprint density at radius 2 is 2.06 bits per heavy atom. The first-order valence-corrected chi connectivity index (χ1v) is 6.84. The summed E-state index contributed by atoms with van der Waals surface area (Å²) >= 11 is 0. The molecule has 0 saturated carbocycles. The van der Waals surface area contributed by atoms with Crippen LogP contribution in [0.25, 0.3) is 0 Å². The SMILES string of the molecule is CCN(CC)CCS(=O)c1ccc(C(=O)O)o1. The van der Waals surface area contributed by atoms with Crippen LogP contribution in [0, 0.1) is 0 Å². The van der Waals surface area contributed by atoms with Gasteiger partial charge in [-0.15, -0.1) is 0 Å². The van der Waals surface area contributed by atoms with Crippen LogP contribution < -0.4 is 0 Å². The minimum absolute atomic E-state index is 0.170. The van der Waals surface area contributed by atoms with E-state index >= 15 is 0 Å². The maximum atomic E-state index is 11.8. The highest BCUT2D eigenvalue weighted by atomic mass is 32.2. The summed E-state index contributed by atoms with van der Waals surface area (Å²) in [6.07, 6.45) is 0. The van der Waals surface area contributed by atoms with Crippen LogP contribution >= 0.6 is 0 Å². The van der Waals surface area contributed by atoms with Gasteiger partial charge in [0.25, 0.3) is 0 Å². The Morgan fingerprint density at radius 1 is 1.41 bits per heavy atom. The van der Waals surface area contributed by atoms with E-state index in [9.17, 15) is 9.00 Å². The third kappa shape index (κ3) is 3.98. The fraction of sp³-hybridized carbons (Fsp3) is 0.545. The molecule has 0 radical (unpaired) electrons. The van der Waals surface area contributed by atoms with Gasteiger partial charge in [-0.05, 0) is 25.2 Å². The summed E-state index contributed by atoms with van der Waals surface area (Å²) in [6, 6.07) is 2.79. The molecule has 1 heterocycles. The largest absolute Gasteiger partial charge is 0.475 e. The molecule has 0 aromatic carbocycles. The number of hydrogen-bond donors (Lipinski definition) is 1. The number of nitrogens with zero attached hydrogens (tertiary/aromatic N) is 1. The van der Waals surface area contributed by atoms with E-state index in [0.717, 1.165) is 13.1 Å². The van der Waals surface area contributed by atoms with Crippen LogP contribution in [0.4, 0.5) is 0 Å². The topological polar surface area (TPSA) is 70.8 Å². The standard InChI is InChI=1S/C11H17NO4S/c1-3-12(4-2)7-8-17(15)10-6-5-9(16-10)11(13)14/h5-6H,3-4,7-8H2,1-2H3,(H,13,14). The van der Waals surface area contributed by atoms with Crippen LogP contribution in [0.1, 0.15) is 24.4 Å². The predicted molar refractivity (Wildman–Crippen MR) is 64.7 cm³/mol. The molecule has 1 N–H and O–H groups in total. The number of aromatic carboxylic acids is 1. The van der Waals surface area contributed by atoms with Crippen LogP contribution in [0.15, 0.2) is 21.6 Å². The van der Waals surface area contributed by atoms with Gasteiger partial charge < -0.3 is 14.4 Å². The monoisotopic (exact) mass is 259 g/mol. The van der Waals surface area contributed by atoms with Crippen molar-refractivity contribution in [3.8, 4) is 0 Å². The molecule has 0 saturated heterocycles. The van der Waals surface area contributed by atoms with E-state index in [0.29, 0.717) is 12.3 Å². The fourth-order valence-electron chi connectivity index (χ4n) is 1.41. The molecule has 1 unspecified atom stereocenters. The summed E-state index contributed by atoms with van der Waals surface area (Å²) in [6.45, 7) is 6.62. The van der Waals surface area contributed by atoms with Crippen molar-refractivity contribution in [3.63, 3.8) is 0 Å². The van der Waals surface area contributed by atoms with E-state index in [1.807, 2.05) is 13.8 Å². The van der Waals surface area contributed by atoms with Gasteiger partial charge in [-0.25, -0.2) is 4.79 Å². The lowest BCUT2D eigenvalue weighted by atomic mass is 10.5. The summed E-state index contributed by atoms with van der Waals surface area (Å²) in [5.74, 6) is -0.859. The fourth-order valence-corrected chi connectivity index (χ4v) is 2.44.